The highest BCUT2D eigenvalue weighted by atomic mass is 16.5. The predicted molar refractivity (Wildman–Crippen MR) is 127 cm³/mol. The van der Waals surface area contributed by atoms with Gasteiger partial charge in [0.2, 0.25) is 11.8 Å². The maximum Gasteiger partial charge on any atom is 0.247 e. The standard InChI is InChI=1S/C26H38N4O2/c1-19(2)24-16-22(17-25-28-29-26(32-25)21-7-5-4-6-8-21)20(3)15-23(24)18-27-9-10-30-11-13-31-14-12-30/h4-8,15,19,22-24,27H,9-14,16-18H2,1-3H3/t22-,23-,24-/m0/s1. The number of rotatable bonds is 9. The lowest BCUT2D eigenvalue weighted by atomic mass is 9.70. The summed E-state index contributed by atoms with van der Waals surface area (Å²) in [7, 11) is 0. The van der Waals surface area contributed by atoms with E-state index >= 15 is 0 Å². The molecule has 174 valence electrons. The molecule has 4 rings (SSSR count). The van der Waals surface area contributed by atoms with E-state index < -0.39 is 0 Å². The van der Waals surface area contributed by atoms with Crippen molar-refractivity contribution in [1.29, 1.82) is 0 Å². The molecule has 1 aliphatic heterocycles. The molecular formula is C26H38N4O2. The summed E-state index contributed by atoms with van der Waals surface area (Å²) >= 11 is 0. The quantitative estimate of drug-likeness (QED) is 0.471. The lowest BCUT2D eigenvalue weighted by Gasteiger charge is -2.37. The number of nitrogens with zero attached hydrogens (tertiary/aromatic N) is 3. The number of aromatic nitrogens is 2. The first-order chi connectivity index (χ1) is 15.6. The van der Waals surface area contributed by atoms with Crippen molar-refractivity contribution < 1.29 is 9.15 Å². The summed E-state index contributed by atoms with van der Waals surface area (Å²) in [5, 5.41) is 12.3. The van der Waals surface area contributed by atoms with Gasteiger partial charge in [0.1, 0.15) is 0 Å². The highest BCUT2D eigenvalue weighted by Crippen LogP contribution is 2.38. The predicted octanol–water partition coefficient (Wildman–Crippen LogP) is 4.06. The Balaban J connectivity index is 1.33. The molecule has 1 aromatic heterocycles. The number of morpholine rings is 1. The molecule has 2 heterocycles. The molecule has 0 bridgehead atoms. The first-order valence-corrected chi connectivity index (χ1v) is 12.2. The number of benzene rings is 1. The molecule has 0 unspecified atom stereocenters. The van der Waals surface area contributed by atoms with Crippen LogP contribution >= 0.6 is 0 Å². The van der Waals surface area contributed by atoms with Crippen molar-refractivity contribution in [2.24, 2.45) is 23.7 Å². The molecule has 1 fully saturated rings. The largest absolute Gasteiger partial charge is 0.421 e. The maximum atomic E-state index is 6.01. The molecule has 3 atom stereocenters. The Bertz CT molecular complexity index is 858. The fraction of sp³-hybridized carbons (Fsp3) is 0.615. The van der Waals surface area contributed by atoms with Crippen molar-refractivity contribution in [3.8, 4) is 11.5 Å². The van der Waals surface area contributed by atoms with Crippen LogP contribution in [-0.4, -0.2) is 61.0 Å². The molecule has 1 aliphatic carbocycles. The summed E-state index contributed by atoms with van der Waals surface area (Å²) < 4.78 is 11.4. The van der Waals surface area contributed by atoms with Gasteiger partial charge in [-0.2, -0.15) is 0 Å². The summed E-state index contributed by atoms with van der Waals surface area (Å²) in [5.41, 5.74) is 2.44. The number of ether oxygens (including phenoxy) is 1. The minimum Gasteiger partial charge on any atom is -0.421 e. The van der Waals surface area contributed by atoms with Crippen LogP contribution in [0.5, 0.6) is 0 Å². The summed E-state index contributed by atoms with van der Waals surface area (Å²) in [6, 6.07) is 10.0. The minimum atomic E-state index is 0.469. The molecule has 0 saturated carbocycles. The Morgan fingerprint density at radius 1 is 1.12 bits per heavy atom. The average molecular weight is 439 g/mol. The van der Waals surface area contributed by atoms with E-state index in [1.807, 2.05) is 30.3 Å². The highest BCUT2D eigenvalue weighted by molar-refractivity contribution is 5.51. The smallest absolute Gasteiger partial charge is 0.247 e. The molecule has 0 amide bonds. The van der Waals surface area contributed by atoms with Crippen LogP contribution < -0.4 is 5.32 Å². The van der Waals surface area contributed by atoms with Gasteiger partial charge >= 0.3 is 0 Å². The third kappa shape index (κ3) is 6.06. The van der Waals surface area contributed by atoms with Gasteiger partial charge in [0.25, 0.3) is 0 Å². The lowest BCUT2D eigenvalue weighted by molar-refractivity contribution is 0.0382. The van der Waals surface area contributed by atoms with Gasteiger partial charge in [0, 0.05) is 44.7 Å². The number of hydrogen-bond acceptors (Lipinski definition) is 6. The Morgan fingerprint density at radius 2 is 1.91 bits per heavy atom. The molecule has 32 heavy (non-hydrogen) atoms. The van der Waals surface area contributed by atoms with Crippen molar-refractivity contribution in [2.75, 3.05) is 45.9 Å². The number of nitrogens with one attached hydrogen (secondary N) is 1. The SMILES string of the molecule is CC1=C[C@@H](CNCCN2CCOCC2)[C@H](C(C)C)C[C@H]1Cc1nnc(-c2ccccc2)o1. The summed E-state index contributed by atoms with van der Waals surface area (Å²) in [6.45, 7) is 14.0. The molecule has 6 heteroatoms. The van der Waals surface area contributed by atoms with Crippen LogP contribution in [0.15, 0.2) is 46.4 Å². The second-order valence-electron chi connectivity index (χ2n) is 9.64. The van der Waals surface area contributed by atoms with Gasteiger partial charge in [-0.3, -0.25) is 4.90 Å². The van der Waals surface area contributed by atoms with Gasteiger partial charge in [-0.1, -0.05) is 43.7 Å². The Kier molecular flexibility index (Phi) is 8.11. The van der Waals surface area contributed by atoms with Crippen molar-refractivity contribution in [3.05, 3.63) is 47.9 Å². The zero-order valence-electron chi connectivity index (χ0n) is 19.8. The monoisotopic (exact) mass is 438 g/mol. The zero-order valence-corrected chi connectivity index (χ0v) is 19.8. The second kappa shape index (κ2) is 11.2. The third-order valence-electron chi connectivity index (χ3n) is 7.08. The van der Waals surface area contributed by atoms with E-state index in [9.17, 15) is 0 Å². The van der Waals surface area contributed by atoms with Crippen LogP contribution in [0.3, 0.4) is 0 Å². The van der Waals surface area contributed by atoms with Crippen LogP contribution in [0.4, 0.5) is 0 Å². The van der Waals surface area contributed by atoms with E-state index in [2.05, 4.69) is 47.3 Å². The molecule has 2 aliphatic rings. The average Bonchev–Trinajstić information content (AvgIpc) is 3.28. The molecule has 0 radical (unpaired) electrons. The molecule has 0 spiro atoms. The normalized spacial score (nSPS) is 24.6. The Hall–Kier alpha value is -2.02. The van der Waals surface area contributed by atoms with Gasteiger partial charge in [-0.05, 0) is 49.1 Å². The van der Waals surface area contributed by atoms with Crippen LogP contribution in [0.25, 0.3) is 11.5 Å². The number of allylic oxidation sites excluding steroid dienone is 1. The molecule has 1 saturated heterocycles. The highest BCUT2D eigenvalue weighted by Gasteiger charge is 2.32. The fourth-order valence-corrected chi connectivity index (χ4v) is 5.08. The van der Waals surface area contributed by atoms with Crippen LogP contribution in [-0.2, 0) is 11.2 Å². The first-order valence-electron chi connectivity index (χ1n) is 12.2. The molecule has 1 N–H and O–H groups in total. The minimum absolute atomic E-state index is 0.469. The third-order valence-corrected chi connectivity index (χ3v) is 7.08. The second-order valence-corrected chi connectivity index (χ2v) is 9.64. The van der Waals surface area contributed by atoms with E-state index in [-0.39, 0.29) is 0 Å². The van der Waals surface area contributed by atoms with Crippen LogP contribution in [0.2, 0.25) is 0 Å². The van der Waals surface area contributed by atoms with E-state index in [0.29, 0.717) is 29.6 Å². The van der Waals surface area contributed by atoms with Gasteiger partial charge in [-0.25, -0.2) is 0 Å². The summed E-state index contributed by atoms with van der Waals surface area (Å²) in [5.74, 6) is 3.72. The van der Waals surface area contributed by atoms with Gasteiger partial charge in [0.05, 0.1) is 13.2 Å². The van der Waals surface area contributed by atoms with Crippen molar-refractivity contribution >= 4 is 0 Å². The summed E-state index contributed by atoms with van der Waals surface area (Å²) in [6.07, 6.45) is 4.51. The zero-order chi connectivity index (χ0) is 22.3. The van der Waals surface area contributed by atoms with E-state index in [4.69, 9.17) is 9.15 Å². The van der Waals surface area contributed by atoms with Gasteiger partial charge < -0.3 is 14.5 Å². The number of hydrogen-bond donors (Lipinski definition) is 1. The molecule has 6 nitrogen and oxygen atoms in total. The topological polar surface area (TPSA) is 63.4 Å². The van der Waals surface area contributed by atoms with Gasteiger partial charge in [0.15, 0.2) is 0 Å². The van der Waals surface area contributed by atoms with Crippen molar-refractivity contribution in [3.63, 3.8) is 0 Å². The molecule has 2 aromatic rings. The van der Waals surface area contributed by atoms with Crippen LogP contribution in [0, 0.1) is 23.7 Å². The lowest BCUT2D eigenvalue weighted by Crippen LogP contribution is -2.42. The maximum absolute atomic E-state index is 6.01. The Morgan fingerprint density at radius 3 is 2.66 bits per heavy atom. The fourth-order valence-electron chi connectivity index (χ4n) is 5.08. The summed E-state index contributed by atoms with van der Waals surface area (Å²) in [4.78, 5) is 2.49. The molecular weight excluding hydrogens is 400 g/mol. The van der Waals surface area contributed by atoms with E-state index in [0.717, 1.165) is 63.8 Å². The van der Waals surface area contributed by atoms with E-state index in [1.165, 1.54) is 12.0 Å². The van der Waals surface area contributed by atoms with Crippen molar-refractivity contribution in [2.45, 2.75) is 33.6 Å². The van der Waals surface area contributed by atoms with Crippen molar-refractivity contribution in [1.82, 2.24) is 20.4 Å². The Labute approximate surface area is 192 Å². The van der Waals surface area contributed by atoms with Gasteiger partial charge in [-0.15, -0.1) is 10.2 Å². The first kappa shape index (κ1) is 23.1. The molecule has 1 aromatic carbocycles. The van der Waals surface area contributed by atoms with Crippen LogP contribution in [0.1, 0.15) is 33.1 Å². The van der Waals surface area contributed by atoms with E-state index in [1.54, 1.807) is 0 Å².